The molecule has 2 aromatic heterocycles. The van der Waals surface area contributed by atoms with E-state index in [4.69, 9.17) is 20.9 Å². The second-order valence-electron chi connectivity index (χ2n) is 7.36. The highest BCUT2D eigenvalue weighted by Crippen LogP contribution is 2.29. The molecule has 0 aliphatic carbocycles. The predicted octanol–water partition coefficient (Wildman–Crippen LogP) is 4.41. The van der Waals surface area contributed by atoms with Crippen LogP contribution in [0.2, 0.25) is 5.02 Å². The van der Waals surface area contributed by atoms with Crippen molar-refractivity contribution in [3.8, 4) is 17.1 Å². The summed E-state index contributed by atoms with van der Waals surface area (Å²) in [6, 6.07) is 15.7. The molecule has 10 heteroatoms. The Bertz CT molecular complexity index is 1190. The number of benzene rings is 2. The number of hydrogen-bond acceptors (Lipinski definition) is 8. The molecule has 0 saturated carbocycles. The maximum Gasteiger partial charge on any atom is 0.237 e. The van der Waals surface area contributed by atoms with Gasteiger partial charge in [0.25, 0.3) is 0 Å². The zero-order valence-electron chi connectivity index (χ0n) is 17.4. The summed E-state index contributed by atoms with van der Waals surface area (Å²) >= 11 is 7.47. The number of rotatable bonds is 6. The lowest BCUT2D eigenvalue weighted by molar-refractivity contribution is 0.122. The summed E-state index contributed by atoms with van der Waals surface area (Å²) in [6.07, 6.45) is 0. The summed E-state index contributed by atoms with van der Waals surface area (Å²) in [5.41, 5.74) is 3.06. The van der Waals surface area contributed by atoms with E-state index in [1.807, 2.05) is 12.1 Å². The number of anilines is 1. The number of morpholine rings is 1. The molecule has 0 atom stereocenters. The number of aromatic nitrogens is 5. The monoisotopic (exact) mass is 468 g/mol. The van der Waals surface area contributed by atoms with E-state index in [-0.39, 0.29) is 0 Å². The Kier molecular flexibility index (Phi) is 6.11. The third kappa shape index (κ3) is 4.50. The third-order valence-electron chi connectivity index (χ3n) is 5.10. The molecule has 32 heavy (non-hydrogen) atoms. The molecule has 0 N–H and O–H groups in total. The summed E-state index contributed by atoms with van der Waals surface area (Å²) in [5, 5.41) is 14.5. The largest absolute Gasteiger partial charge is 0.378 e. The minimum atomic E-state index is 0.480. The first kappa shape index (κ1) is 21.0. The van der Waals surface area contributed by atoms with Crippen molar-refractivity contribution < 1.29 is 9.26 Å². The Balaban J connectivity index is 1.39. The molecule has 1 saturated heterocycles. The van der Waals surface area contributed by atoms with E-state index >= 15 is 0 Å². The van der Waals surface area contributed by atoms with Gasteiger partial charge in [0, 0.05) is 23.7 Å². The van der Waals surface area contributed by atoms with Gasteiger partial charge in [-0.2, -0.15) is 4.98 Å². The van der Waals surface area contributed by atoms with Gasteiger partial charge in [-0.3, -0.25) is 4.57 Å². The Labute approximate surface area is 194 Å². The quantitative estimate of drug-likeness (QED) is 0.385. The van der Waals surface area contributed by atoms with Gasteiger partial charge in [0.2, 0.25) is 17.7 Å². The summed E-state index contributed by atoms with van der Waals surface area (Å²) in [4.78, 5) is 6.71. The van der Waals surface area contributed by atoms with Crippen molar-refractivity contribution in [2.45, 2.75) is 17.8 Å². The number of ether oxygens (including phenoxy) is 1. The zero-order chi connectivity index (χ0) is 21.9. The molecule has 5 rings (SSSR count). The first-order valence-corrected chi connectivity index (χ1v) is 11.6. The minimum Gasteiger partial charge on any atom is -0.378 e. The van der Waals surface area contributed by atoms with Crippen LogP contribution >= 0.6 is 23.4 Å². The lowest BCUT2D eigenvalue weighted by Crippen LogP contribution is -2.37. The lowest BCUT2D eigenvalue weighted by Gasteiger charge is -2.27. The minimum absolute atomic E-state index is 0.480. The van der Waals surface area contributed by atoms with Crippen LogP contribution in [0.3, 0.4) is 0 Å². The van der Waals surface area contributed by atoms with Crippen LogP contribution in [0.15, 0.2) is 58.2 Å². The van der Waals surface area contributed by atoms with Crippen molar-refractivity contribution in [2.75, 3.05) is 31.2 Å². The second kappa shape index (κ2) is 9.32. The fraction of sp³-hybridized carbons (Fsp3) is 0.273. The van der Waals surface area contributed by atoms with Gasteiger partial charge < -0.3 is 14.2 Å². The average Bonchev–Trinajstić information content (AvgIpc) is 3.47. The second-order valence-corrected chi connectivity index (χ2v) is 8.74. The summed E-state index contributed by atoms with van der Waals surface area (Å²) in [5.74, 6) is 2.35. The van der Waals surface area contributed by atoms with E-state index in [2.05, 4.69) is 61.0 Å². The molecule has 164 valence electrons. The van der Waals surface area contributed by atoms with Crippen LogP contribution in [0, 0.1) is 6.92 Å². The van der Waals surface area contributed by atoms with E-state index in [1.54, 1.807) is 12.1 Å². The molecule has 0 radical (unpaired) electrons. The van der Waals surface area contributed by atoms with Gasteiger partial charge in [0.1, 0.15) is 0 Å². The van der Waals surface area contributed by atoms with Crippen molar-refractivity contribution in [2.24, 2.45) is 0 Å². The van der Waals surface area contributed by atoms with Crippen molar-refractivity contribution in [1.82, 2.24) is 24.9 Å². The van der Waals surface area contributed by atoms with Gasteiger partial charge in [0.05, 0.1) is 24.7 Å². The Morgan fingerprint density at radius 2 is 1.75 bits per heavy atom. The summed E-state index contributed by atoms with van der Waals surface area (Å²) in [6.45, 7) is 4.99. The molecule has 2 aromatic carbocycles. The van der Waals surface area contributed by atoms with E-state index < -0.39 is 0 Å². The van der Waals surface area contributed by atoms with Crippen molar-refractivity contribution in [3.63, 3.8) is 0 Å². The highest BCUT2D eigenvalue weighted by atomic mass is 35.5. The predicted molar refractivity (Wildman–Crippen MR) is 123 cm³/mol. The maximum absolute atomic E-state index is 5.96. The lowest BCUT2D eigenvalue weighted by atomic mass is 10.2. The van der Waals surface area contributed by atoms with Crippen LogP contribution in [-0.4, -0.2) is 51.2 Å². The first-order chi connectivity index (χ1) is 15.7. The van der Waals surface area contributed by atoms with Gasteiger partial charge in [-0.05, 0) is 43.3 Å². The van der Waals surface area contributed by atoms with Gasteiger partial charge in [0.15, 0.2) is 5.16 Å². The van der Waals surface area contributed by atoms with Crippen molar-refractivity contribution in [1.29, 1.82) is 0 Å². The normalized spacial score (nSPS) is 14.1. The molecule has 1 aliphatic rings. The van der Waals surface area contributed by atoms with Crippen LogP contribution < -0.4 is 4.90 Å². The smallest absolute Gasteiger partial charge is 0.237 e. The van der Waals surface area contributed by atoms with Crippen LogP contribution in [0.1, 0.15) is 11.5 Å². The molecule has 1 aliphatic heterocycles. The Morgan fingerprint density at radius 3 is 2.50 bits per heavy atom. The van der Waals surface area contributed by atoms with Crippen LogP contribution in [0.25, 0.3) is 17.1 Å². The van der Waals surface area contributed by atoms with Crippen LogP contribution in [0.4, 0.5) is 5.95 Å². The Hall–Kier alpha value is -2.88. The first-order valence-electron chi connectivity index (χ1n) is 10.2. The van der Waals surface area contributed by atoms with Gasteiger partial charge in [-0.25, -0.2) is 0 Å². The van der Waals surface area contributed by atoms with Crippen molar-refractivity contribution in [3.05, 3.63) is 65.0 Å². The standard InChI is InChI=1S/C22H21ClN6O2S/c1-15-2-8-18(9-3-15)29-21(28-10-12-30-13-11-28)25-26-22(29)32-14-19-24-20(27-31-19)16-4-6-17(23)7-5-16/h2-9H,10-14H2,1H3. The molecule has 0 bridgehead atoms. The molecule has 1 fully saturated rings. The van der Waals surface area contributed by atoms with Crippen LogP contribution in [0.5, 0.6) is 0 Å². The highest BCUT2D eigenvalue weighted by Gasteiger charge is 2.22. The topological polar surface area (TPSA) is 82.1 Å². The number of nitrogens with zero attached hydrogens (tertiary/aromatic N) is 6. The molecule has 0 amide bonds. The van der Waals surface area contributed by atoms with Gasteiger partial charge >= 0.3 is 0 Å². The molecule has 4 aromatic rings. The average molecular weight is 469 g/mol. The fourth-order valence-corrected chi connectivity index (χ4v) is 4.31. The van der Waals surface area contributed by atoms with Crippen LogP contribution in [-0.2, 0) is 10.5 Å². The highest BCUT2D eigenvalue weighted by molar-refractivity contribution is 7.98. The molecular formula is C22H21ClN6O2S. The number of hydrogen-bond donors (Lipinski definition) is 0. The maximum atomic E-state index is 5.96. The third-order valence-corrected chi connectivity index (χ3v) is 6.26. The SMILES string of the molecule is Cc1ccc(-n2c(SCc3nc(-c4ccc(Cl)cc4)no3)nnc2N2CCOCC2)cc1. The van der Waals surface area contributed by atoms with E-state index in [0.29, 0.717) is 35.7 Å². The summed E-state index contributed by atoms with van der Waals surface area (Å²) in [7, 11) is 0. The molecular weight excluding hydrogens is 448 g/mol. The van der Waals surface area contributed by atoms with Crippen molar-refractivity contribution >= 4 is 29.3 Å². The zero-order valence-corrected chi connectivity index (χ0v) is 19.0. The Morgan fingerprint density at radius 1 is 1.00 bits per heavy atom. The molecule has 0 unspecified atom stereocenters. The fourth-order valence-electron chi connectivity index (χ4n) is 3.40. The number of thioether (sulfide) groups is 1. The van der Waals surface area contributed by atoms with E-state index in [9.17, 15) is 0 Å². The van der Waals surface area contributed by atoms with E-state index in [0.717, 1.165) is 35.4 Å². The number of aryl methyl sites for hydroxylation is 1. The van der Waals surface area contributed by atoms with Gasteiger partial charge in [-0.1, -0.05) is 46.2 Å². The molecule has 3 heterocycles. The molecule has 8 nitrogen and oxygen atoms in total. The summed E-state index contributed by atoms with van der Waals surface area (Å²) < 4.78 is 13.0. The molecule has 0 spiro atoms. The van der Waals surface area contributed by atoms with E-state index in [1.165, 1.54) is 17.3 Å². The number of halogens is 1. The van der Waals surface area contributed by atoms with Gasteiger partial charge in [-0.15, -0.1) is 10.2 Å².